The van der Waals surface area contributed by atoms with Gasteiger partial charge < -0.3 is 9.47 Å². The molecular formula is C14H24O2. The van der Waals surface area contributed by atoms with E-state index < -0.39 is 0 Å². The standard InChI is InChI=1S/C14H24O2/c1-15-11-16-14-10-6-5-9-13(14)12-7-3-2-4-8-12/h7,13-14H,2-6,8-11H2,1H3. The van der Waals surface area contributed by atoms with Gasteiger partial charge in [-0.15, -0.1) is 0 Å². The van der Waals surface area contributed by atoms with E-state index in [2.05, 4.69) is 6.08 Å². The van der Waals surface area contributed by atoms with E-state index in [1.54, 1.807) is 12.7 Å². The maximum atomic E-state index is 5.83. The third kappa shape index (κ3) is 3.08. The van der Waals surface area contributed by atoms with Gasteiger partial charge in [0.25, 0.3) is 0 Å². The monoisotopic (exact) mass is 224 g/mol. The van der Waals surface area contributed by atoms with E-state index in [9.17, 15) is 0 Å². The second-order valence-corrected chi connectivity index (χ2v) is 5.03. The Labute approximate surface area is 99.0 Å². The van der Waals surface area contributed by atoms with Crippen LogP contribution in [-0.4, -0.2) is 20.0 Å². The lowest BCUT2D eigenvalue weighted by molar-refractivity contribution is -0.0966. The predicted molar refractivity (Wildman–Crippen MR) is 65.3 cm³/mol. The van der Waals surface area contributed by atoms with Crippen LogP contribution in [0.15, 0.2) is 11.6 Å². The number of allylic oxidation sites excluding steroid dienone is 1. The third-order valence-electron chi connectivity index (χ3n) is 3.90. The first-order valence-corrected chi connectivity index (χ1v) is 6.71. The summed E-state index contributed by atoms with van der Waals surface area (Å²) in [4.78, 5) is 0. The van der Waals surface area contributed by atoms with E-state index in [-0.39, 0.29) is 0 Å². The Morgan fingerprint density at radius 2 is 2.06 bits per heavy atom. The van der Waals surface area contributed by atoms with E-state index >= 15 is 0 Å². The van der Waals surface area contributed by atoms with Crippen molar-refractivity contribution < 1.29 is 9.47 Å². The Hall–Kier alpha value is -0.340. The molecule has 16 heavy (non-hydrogen) atoms. The van der Waals surface area contributed by atoms with Crippen LogP contribution in [0, 0.1) is 5.92 Å². The molecule has 0 aromatic heterocycles. The zero-order valence-electron chi connectivity index (χ0n) is 10.4. The molecule has 2 rings (SSSR count). The van der Waals surface area contributed by atoms with Gasteiger partial charge in [-0.3, -0.25) is 0 Å². The van der Waals surface area contributed by atoms with Gasteiger partial charge in [-0.1, -0.05) is 24.5 Å². The average Bonchev–Trinajstić information content (AvgIpc) is 2.38. The maximum absolute atomic E-state index is 5.83. The van der Waals surface area contributed by atoms with Crippen LogP contribution < -0.4 is 0 Å². The maximum Gasteiger partial charge on any atom is 0.146 e. The van der Waals surface area contributed by atoms with Crippen molar-refractivity contribution in [3.05, 3.63) is 11.6 Å². The quantitative estimate of drug-likeness (QED) is 0.536. The Balaban J connectivity index is 1.95. The molecule has 0 heterocycles. The van der Waals surface area contributed by atoms with Gasteiger partial charge in [0.2, 0.25) is 0 Å². The summed E-state index contributed by atoms with van der Waals surface area (Å²) in [5.74, 6) is 0.684. The van der Waals surface area contributed by atoms with Gasteiger partial charge in [0.15, 0.2) is 0 Å². The first kappa shape index (κ1) is 12.1. The fraction of sp³-hybridized carbons (Fsp3) is 0.857. The Bertz CT molecular complexity index is 235. The summed E-state index contributed by atoms with van der Waals surface area (Å²) < 4.78 is 10.9. The first-order chi connectivity index (χ1) is 7.92. The molecule has 1 fully saturated rings. The minimum atomic E-state index is 0.415. The summed E-state index contributed by atoms with van der Waals surface area (Å²) in [5.41, 5.74) is 1.67. The van der Waals surface area contributed by atoms with Crippen LogP contribution in [0.1, 0.15) is 51.4 Å². The average molecular weight is 224 g/mol. The predicted octanol–water partition coefficient (Wildman–Crippen LogP) is 3.67. The highest BCUT2D eigenvalue weighted by molar-refractivity contribution is 5.12. The lowest BCUT2D eigenvalue weighted by atomic mass is 9.78. The van der Waals surface area contributed by atoms with Gasteiger partial charge in [-0.2, -0.15) is 0 Å². The summed E-state index contributed by atoms with van der Waals surface area (Å²) >= 11 is 0. The van der Waals surface area contributed by atoms with Gasteiger partial charge >= 0.3 is 0 Å². The fourth-order valence-corrected chi connectivity index (χ4v) is 3.08. The molecule has 0 bridgehead atoms. The number of ether oxygens (including phenoxy) is 2. The van der Waals surface area contributed by atoms with Crippen molar-refractivity contribution in [3.8, 4) is 0 Å². The number of methoxy groups -OCH3 is 1. The summed E-state index contributed by atoms with van der Waals surface area (Å²) in [7, 11) is 1.71. The SMILES string of the molecule is COCOC1CCCCC1C1=CCCCC1. The Morgan fingerprint density at radius 3 is 2.81 bits per heavy atom. The smallest absolute Gasteiger partial charge is 0.146 e. The molecule has 2 aliphatic rings. The van der Waals surface area contributed by atoms with Gasteiger partial charge in [0, 0.05) is 13.0 Å². The molecule has 92 valence electrons. The van der Waals surface area contributed by atoms with Crippen molar-refractivity contribution in [1.29, 1.82) is 0 Å². The molecule has 0 aromatic carbocycles. The lowest BCUT2D eigenvalue weighted by Gasteiger charge is -2.34. The van der Waals surface area contributed by atoms with Crippen molar-refractivity contribution in [2.45, 2.75) is 57.5 Å². The second kappa shape index (κ2) is 6.41. The second-order valence-electron chi connectivity index (χ2n) is 5.03. The molecule has 1 saturated carbocycles. The number of hydrogen-bond acceptors (Lipinski definition) is 2. The molecule has 2 heteroatoms. The van der Waals surface area contributed by atoms with E-state index in [4.69, 9.17) is 9.47 Å². The van der Waals surface area contributed by atoms with Crippen LogP contribution in [0.4, 0.5) is 0 Å². The fourth-order valence-electron chi connectivity index (χ4n) is 3.08. The summed E-state index contributed by atoms with van der Waals surface area (Å²) in [6, 6.07) is 0. The molecule has 0 radical (unpaired) electrons. The largest absolute Gasteiger partial charge is 0.359 e. The van der Waals surface area contributed by atoms with Crippen molar-refractivity contribution in [2.24, 2.45) is 5.92 Å². The molecule has 0 N–H and O–H groups in total. The topological polar surface area (TPSA) is 18.5 Å². The molecule has 2 atom stereocenters. The van der Waals surface area contributed by atoms with Gasteiger partial charge in [-0.05, 0) is 38.5 Å². The van der Waals surface area contributed by atoms with Crippen molar-refractivity contribution in [3.63, 3.8) is 0 Å². The first-order valence-electron chi connectivity index (χ1n) is 6.71. The van der Waals surface area contributed by atoms with E-state index in [1.165, 1.54) is 51.4 Å². The van der Waals surface area contributed by atoms with Crippen LogP contribution in [0.25, 0.3) is 0 Å². The van der Waals surface area contributed by atoms with Crippen LogP contribution in [0.3, 0.4) is 0 Å². The minimum Gasteiger partial charge on any atom is -0.359 e. The van der Waals surface area contributed by atoms with Crippen LogP contribution in [-0.2, 0) is 9.47 Å². The number of hydrogen-bond donors (Lipinski definition) is 0. The Morgan fingerprint density at radius 1 is 1.19 bits per heavy atom. The van der Waals surface area contributed by atoms with Crippen LogP contribution in [0.5, 0.6) is 0 Å². The van der Waals surface area contributed by atoms with Gasteiger partial charge in [-0.25, -0.2) is 0 Å². The molecule has 2 aliphatic carbocycles. The third-order valence-corrected chi connectivity index (χ3v) is 3.90. The summed E-state index contributed by atoms with van der Waals surface area (Å²) in [5, 5.41) is 0. The van der Waals surface area contributed by atoms with Crippen molar-refractivity contribution in [2.75, 3.05) is 13.9 Å². The van der Waals surface area contributed by atoms with Crippen molar-refractivity contribution >= 4 is 0 Å². The Kier molecular flexibility index (Phi) is 4.86. The molecule has 2 unspecified atom stereocenters. The summed E-state index contributed by atoms with van der Waals surface area (Å²) in [6.07, 6.45) is 13.4. The zero-order valence-corrected chi connectivity index (χ0v) is 10.4. The highest BCUT2D eigenvalue weighted by atomic mass is 16.7. The molecule has 2 nitrogen and oxygen atoms in total. The van der Waals surface area contributed by atoms with E-state index in [1.807, 2.05) is 0 Å². The molecule has 0 aliphatic heterocycles. The van der Waals surface area contributed by atoms with Crippen molar-refractivity contribution in [1.82, 2.24) is 0 Å². The molecule has 0 amide bonds. The minimum absolute atomic E-state index is 0.415. The number of rotatable bonds is 4. The van der Waals surface area contributed by atoms with E-state index in [0.717, 1.165) is 0 Å². The van der Waals surface area contributed by atoms with Gasteiger partial charge in [0.05, 0.1) is 6.10 Å². The van der Waals surface area contributed by atoms with E-state index in [0.29, 0.717) is 18.8 Å². The highest BCUT2D eigenvalue weighted by Crippen LogP contribution is 2.36. The zero-order chi connectivity index (χ0) is 11.2. The molecule has 0 saturated heterocycles. The normalized spacial score (nSPS) is 31.2. The van der Waals surface area contributed by atoms with Crippen LogP contribution >= 0.6 is 0 Å². The molecule has 0 spiro atoms. The lowest BCUT2D eigenvalue weighted by Crippen LogP contribution is -2.30. The molecule has 0 aromatic rings. The van der Waals surface area contributed by atoms with Gasteiger partial charge in [0.1, 0.15) is 6.79 Å². The highest BCUT2D eigenvalue weighted by Gasteiger charge is 2.28. The van der Waals surface area contributed by atoms with Crippen LogP contribution in [0.2, 0.25) is 0 Å². The molecular weight excluding hydrogens is 200 g/mol. The summed E-state index contributed by atoms with van der Waals surface area (Å²) in [6.45, 7) is 0.453.